The van der Waals surface area contributed by atoms with E-state index in [0.717, 1.165) is 11.8 Å². The highest BCUT2D eigenvalue weighted by Crippen LogP contribution is 2.54. The second kappa shape index (κ2) is 5.20. The highest BCUT2D eigenvalue weighted by molar-refractivity contribution is 8.23. The summed E-state index contributed by atoms with van der Waals surface area (Å²) in [5.41, 5.74) is -1.06. The third-order valence-corrected chi connectivity index (χ3v) is 5.47. The third kappa shape index (κ3) is 2.29. The first-order valence-electron chi connectivity index (χ1n) is 5.51. The Morgan fingerprint density at radius 2 is 2.21 bits per heavy atom. The summed E-state index contributed by atoms with van der Waals surface area (Å²) in [7, 11) is 0. The molecule has 1 fully saturated rings. The Balaban J connectivity index is 2.26. The molecular weight excluding hydrogens is 290 g/mol. The first-order chi connectivity index (χ1) is 8.88. The number of nitrogens with zero attached hydrogens (tertiary/aromatic N) is 1. The van der Waals surface area contributed by atoms with Crippen molar-refractivity contribution in [2.45, 2.75) is 23.8 Å². The number of thioether (sulfide) groups is 2. The fourth-order valence-electron chi connectivity index (χ4n) is 1.99. The number of rotatable bonds is 5. The van der Waals surface area contributed by atoms with Crippen LogP contribution >= 0.6 is 23.5 Å². The van der Waals surface area contributed by atoms with E-state index in [-0.39, 0.29) is 5.70 Å². The van der Waals surface area contributed by atoms with Crippen LogP contribution in [0.25, 0.3) is 0 Å². The molecule has 2 heterocycles. The number of carbonyl (C=O) groups excluding carboxylic acids is 1. The molecule has 4 atom stereocenters. The standard InChI is InChI=1S/C11H13NO5S2/c1-3-5(14)18-11-7(10(16)17)12-8(15)6(4(2)13)9(12)19-11/h3-6,9,13-14H,1H2,2H3,(H,16,17)/t4?,5?,6-,9+/m0/s1. The Bertz CT molecular complexity index is 476. The number of hydrogen-bond acceptors (Lipinski definition) is 6. The zero-order valence-corrected chi connectivity index (χ0v) is 11.6. The topological polar surface area (TPSA) is 98.1 Å². The van der Waals surface area contributed by atoms with Crippen LogP contribution in [-0.4, -0.2) is 49.0 Å². The van der Waals surface area contributed by atoms with Crippen LogP contribution in [0.5, 0.6) is 0 Å². The number of carbonyl (C=O) groups is 2. The van der Waals surface area contributed by atoms with Crippen molar-refractivity contribution in [1.29, 1.82) is 0 Å². The van der Waals surface area contributed by atoms with Crippen LogP contribution in [0.2, 0.25) is 0 Å². The lowest BCUT2D eigenvalue weighted by Crippen LogP contribution is -2.60. The molecule has 6 nitrogen and oxygen atoms in total. The van der Waals surface area contributed by atoms with E-state index in [4.69, 9.17) is 0 Å². The largest absolute Gasteiger partial charge is 0.477 e. The van der Waals surface area contributed by atoms with Gasteiger partial charge in [0.05, 0.1) is 16.3 Å². The molecule has 0 aromatic rings. The van der Waals surface area contributed by atoms with Gasteiger partial charge in [-0.05, 0) is 6.92 Å². The van der Waals surface area contributed by atoms with Gasteiger partial charge in [0.2, 0.25) is 5.91 Å². The molecule has 0 saturated carbocycles. The molecule has 2 aliphatic heterocycles. The number of carboxylic acid groups (broad SMARTS) is 1. The fourth-order valence-corrected chi connectivity index (χ4v) is 4.74. The third-order valence-electron chi connectivity index (χ3n) is 2.90. The summed E-state index contributed by atoms with van der Waals surface area (Å²) in [6, 6.07) is 0. The molecule has 0 aromatic heterocycles. The van der Waals surface area contributed by atoms with Crippen LogP contribution in [0.1, 0.15) is 6.92 Å². The molecule has 1 amide bonds. The van der Waals surface area contributed by atoms with E-state index >= 15 is 0 Å². The molecular formula is C11H13NO5S2. The Kier molecular flexibility index (Phi) is 3.95. The number of β-lactam (4-membered cyclic amide) rings is 1. The van der Waals surface area contributed by atoms with E-state index in [9.17, 15) is 24.9 Å². The molecule has 104 valence electrons. The number of hydrogen-bond donors (Lipinski definition) is 3. The summed E-state index contributed by atoms with van der Waals surface area (Å²) in [5, 5.41) is 27.8. The molecule has 2 unspecified atom stereocenters. The van der Waals surface area contributed by atoms with Gasteiger partial charge in [-0.2, -0.15) is 0 Å². The molecule has 2 aliphatic rings. The van der Waals surface area contributed by atoms with E-state index < -0.39 is 34.7 Å². The minimum atomic E-state index is -1.22. The van der Waals surface area contributed by atoms with Crippen molar-refractivity contribution in [1.82, 2.24) is 4.90 Å². The average molecular weight is 303 g/mol. The van der Waals surface area contributed by atoms with Crippen LogP contribution < -0.4 is 0 Å². The van der Waals surface area contributed by atoms with Gasteiger partial charge in [-0.25, -0.2) is 4.79 Å². The SMILES string of the molecule is C=CC(O)SC1=C(C(=O)O)N2C(=O)[C@H](C(C)O)[C@H]2S1. The quantitative estimate of drug-likeness (QED) is 0.384. The molecule has 2 rings (SSSR count). The zero-order valence-electron chi connectivity index (χ0n) is 10.0. The van der Waals surface area contributed by atoms with E-state index in [1.807, 2.05) is 0 Å². The van der Waals surface area contributed by atoms with Crippen molar-refractivity contribution in [3.05, 3.63) is 22.6 Å². The van der Waals surface area contributed by atoms with Gasteiger partial charge in [0.15, 0.2) is 5.70 Å². The van der Waals surface area contributed by atoms with Crippen molar-refractivity contribution >= 4 is 35.4 Å². The summed E-state index contributed by atoms with van der Waals surface area (Å²) in [6.45, 7) is 4.92. The van der Waals surface area contributed by atoms with Crippen molar-refractivity contribution < 1.29 is 24.9 Å². The minimum absolute atomic E-state index is 0.122. The summed E-state index contributed by atoms with van der Waals surface area (Å²) in [4.78, 5) is 24.3. The minimum Gasteiger partial charge on any atom is -0.477 e. The Hall–Kier alpha value is -0.960. The van der Waals surface area contributed by atoms with E-state index in [0.29, 0.717) is 4.24 Å². The van der Waals surface area contributed by atoms with Gasteiger partial charge in [-0.1, -0.05) is 36.2 Å². The van der Waals surface area contributed by atoms with Crippen molar-refractivity contribution in [3.8, 4) is 0 Å². The van der Waals surface area contributed by atoms with Gasteiger partial charge >= 0.3 is 5.97 Å². The summed E-state index contributed by atoms with van der Waals surface area (Å²) in [6.07, 6.45) is 0.450. The van der Waals surface area contributed by atoms with Crippen molar-refractivity contribution in [3.63, 3.8) is 0 Å². The summed E-state index contributed by atoms with van der Waals surface area (Å²) in [5.74, 6) is -2.21. The van der Waals surface area contributed by atoms with Gasteiger partial charge in [0.1, 0.15) is 10.8 Å². The van der Waals surface area contributed by atoms with Gasteiger partial charge in [-0.3, -0.25) is 9.69 Å². The Morgan fingerprint density at radius 3 is 2.68 bits per heavy atom. The van der Waals surface area contributed by atoms with E-state index in [1.165, 1.54) is 29.7 Å². The maximum Gasteiger partial charge on any atom is 0.354 e. The van der Waals surface area contributed by atoms with Gasteiger partial charge in [-0.15, -0.1) is 0 Å². The number of aliphatic hydroxyl groups is 2. The van der Waals surface area contributed by atoms with Crippen LogP contribution in [-0.2, 0) is 9.59 Å². The smallest absolute Gasteiger partial charge is 0.354 e. The van der Waals surface area contributed by atoms with Crippen molar-refractivity contribution in [2.75, 3.05) is 0 Å². The maximum atomic E-state index is 11.9. The number of amides is 1. The molecule has 0 radical (unpaired) electrons. The van der Waals surface area contributed by atoms with Gasteiger partial charge in [0.25, 0.3) is 0 Å². The van der Waals surface area contributed by atoms with Crippen LogP contribution in [0, 0.1) is 5.92 Å². The average Bonchev–Trinajstić information content (AvgIpc) is 2.63. The molecule has 0 aromatic carbocycles. The lowest BCUT2D eigenvalue weighted by molar-refractivity contribution is -0.156. The lowest BCUT2D eigenvalue weighted by Gasteiger charge is -2.43. The Labute approximate surface area is 118 Å². The molecule has 3 N–H and O–H groups in total. The predicted molar refractivity (Wildman–Crippen MR) is 71.9 cm³/mol. The van der Waals surface area contributed by atoms with Gasteiger partial charge in [0, 0.05) is 0 Å². The normalized spacial score (nSPS) is 28.8. The molecule has 0 aliphatic carbocycles. The lowest BCUT2D eigenvalue weighted by atomic mass is 9.92. The number of aliphatic hydroxyl groups excluding tert-OH is 2. The fraction of sp³-hybridized carbons (Fsp3) is 0.455. The first-order valence-corrected chi connectivity index (χ1v) is 7.27. The summed E-state index contributed by atoms with van der Waals surface area (Å²) < 4.78 is 0.362. The zero-order chi connectivity index (χ0) is 14.3. The molecule has 1 saturated heterocycles. The van der Waals surface area contributed by atoms with Crippen LogP contribution in [0.4, 0.5) is 0 Å². The number of fused-ring (bicyclic) bond motifs is 1. The second-order valence-corrected chi connectivity index (χ2v) is 6.68. The Morgan fingerprint density at radius 1 is 1.58 bits per heavy atom. The molecule has 19 heavy (non-hydrogen) atoms. The predicted octanol–water partition coefficient (Wildman–Crippen LogP) is 0.390. The molecule has 0 spiro atoms. The van der Waals surface area contributed by atoms with Crippen molar-refractivity contribution in [2.24, 2.45) is 5.92 Å². The van der Waals surface area contributed by atoms with Gasteiger partial charge < -0.3 is 15.3 Å². The maximum absolute atomic E-state index is 11.9. The first kappa shape index (κ1) is 14.4. The molecule has 0 bridgehead atoms. The highest BCUT2D eigenvalue weighted by atomic mass is 32.2. The monoisotopic (exact) mass is 303 g/mol. The second-order valence-electron chi connectivity index (χ2n) is 4.17. The number of aliphatic carboxylic acids is 1. The summed E-state index contributed by atoms with van der Waals surface area (Å²) >= 11 is 2.11. The highest BCUT2D eigenvalue weighted by Gasteiger charge is 2.57. The molecule has 8 heteroatoms. The number of carboxylic acids is 1. The van der Waals surface area contributed by atoms with E-state index in [2.05, 4.69) is 6.58 Å². The van der Waals surface area contributed by atoms with E-state index in [1.54, 1.807) is 0 Å². The van der Waals surface area contributed by atoms with Crippen LogP contribution in [0.3, 0.4) is 0 Å². The van der Waals surface area contributed by atoms with Crippen LogP contribution in [0.15, 0.2) is 22.6 Å².